The van der Waals surface area contributed by atoms with Crippen LogP contribution in [0.4, 0.5) is 5.00 Å². The van der Waals surface area contributed by atoms with Gasteiger partial charge in [-0.25, -0.2) is 0 Å². The molecule has 5 heteroatoms. The van der Waals surface area contributed by atoms with Crippen LogP contribution in [-0.4, -0.2) is 6.54 Å². The molecule has 0 atom stereocenters. The van der Waals surface area contributed by atoms with Crippen molar-refractivity contribution in [3.63, 3.8) is 0 Å². The van der Waals surface area contributed by atoms with Crippen molar-refractivity contribution in [3.8, 4) is 0 Å². The number of unbranched alkanes of at least 4 members (excludes halogenated alkanes) is 5. The predicted molar refractivity (Wildman–Crippen MR) is 135 cm³/mol. The van der Waals surface area contributed by atoms with Gasteiger partial charge in [-0.1, -0.05) is 51.2 Å². The first kappa shape index (κ1) is 18.9. The lowest BCUT2D eigenvalue weighted by molar-refractivity contribution is 0.617. The van der Waals surface area contributed by atoms with Crippen LogP contribution in [0.25, 0.3) is 39.0 Å². The molecule has 1 N–H and O–H groups in total. The van der Waals surface area contributed by atoms with E-state index in [0.717, 1.165) is 6.54 Å². The zero-order chi connectivity index (χ0) is 19.1. The van der Waals surface area contributed by atoms with Gasteiger partial charge in [-0.3, -0.25) is 0 Å². The van der Waals surface area contributed by atoms with Crippen molar-refractivity contribution in [2.75, 3.05) is 11.9 Å². The van der Waals surface area contributed by atoms with Gasteiger partial charge in [-0.15, -0.1) is 45.3 Å². The largest absolute Gasteiger partial charge is 0.377 e. The van der Waals surface area contributed by atoms with Crippen LogP contribution in [-0.2, 0) is 0 Å². The number of fused-ring (bicyclic) bond motifs is 7. The van der Waals surface area contributed by atoms with Crippen molar-refractivity contribution >= 4 is 89.3 Å². The molecule has 1 aromatic carbocycles. The Kier molecular flexibility index (Phi) is 5.35. The molecule has 0 aliphatic rings. The van der Waals surface area contributed by atoms with Crippen molar-refractivity contribution in [1.29, 1.82) is 0 Å². The summed E-state index contributed by atoms with van der Waals surface area (Å²) in [6, 6.07) is 9.41. The lowest BCUT2D eigenvalue weighted by Crippen LogP contribution is -1.99. The van der Waals surface area contributed by atoms with Crippen LogP contribution in [0.15, 0.2) is 24.3 Å². The summed E-state index contributed by atoms with van der Waals surface area (Å²) in [5, 5.41) is 7.88. The highest BCUT2D eigenvalue weighted by Crippen LogP contribution is 2.48. The number of hydrogen-bond acceptors (Lipinski definition) is 5. The molecular weight excluding hydrogens is 419 g/mol. The van der Waals surface area contributed by atoms with E-state index in [9.17, 15) is 0 Å². The van der Waals surface area contributed by atoms with E-state index in [1.807, 2.05) is 45.3 Å². The first-order valence-electron chi connectivity index (χ1n) is 10.3. The van der Waals surface area contributed by atoms with Crippen LogP contribution in [0.1, 0.15) is 50.3 Å². The molecule has 1 nitrogen and oxygen atoms in total. The van der Waals surface area contributed by atoms with Crippen molar-refractivity contribution < 1.29 is 0 Å². The quantitative estimate of drug-likeness (QED) is 0.235. The van der Waals surface area contributed by atoms with Crippen molar-refractivity contribution in [2.24, 2.45) is 0 Å². The fourth-order valence-corrected chi connectivity index (χ4v) is 9.14. The molecule has 146 valence electrons. The van der Waals surface area contributed by atoms with Crippen LogP contribution < -0.4 is 5.32 Å². The number of rotatable bonds is 8. The summed E-state index contributed by atoms with van der Waals surface area (Å²) in [4.78, 5) is 1.41. The molecule has 0 saturated heterocycles. The monoisotopic (exact) mass is 443 g/mol. The van der Waals surface area contributed by atoms with E-state index >= 15 is 0 Å². The highest BCUT2D eigenvalue weighted by Gasteiger charge is 2.16. The van der Waals surface area contributed by atoms with Gasteiger partial charge in [0.2, 0.25) is 0 Å². The van der Waals surface area contributed by atoms with Gasteiger partial charge in [0.05, 0.1) is 23.8 Å². The smallest absolute Gasteiger partial charge is 0.0903 e. The second kappa shape index (κ2) is 7.94. The predicted octanol–water partition coefficient (Wildman–Crippen LogP) is 9.63. The SMILES string of the molecule is CCCCCCCCNc1cc2sc3c(ccc4c5sc(C)cc5sc43)c2s1. The molecule has 0 amide bonds. The second-order valence-corrected chi connectivity index (χ2v) is 12.0. The van der Waals surface area contributed by atoms with Gasteiger partial charge >= 0.3 is 0 Å². The van der Waals surface area contributed by atoms with Crippen molar-refractivity contribution in [3.05, 3.63) is 29.1 Å². The third-order valence-electron chi connectivity index (χ3n) is 5.37. The average Bonchev–Trinajstić information content (AvgIpc) is 3.39. The lowest BCUT2D eigenvalue weighted by atomic mass is 10.1. The molecule has 4 heterocycles. The summed E-state index contributed by atoms with van der Waals surface area (Å²) in [7, 11) is 0. The van der Waals surface area contributed by atoms with Gasteiger partial charge in [0.15, 0.2) is 0 Å². The minimum Gasteiger partial charge on any atom is -0.377 e. The standard InChI is InChI=1S/C23H25NS4/c1-3-4-5-6-7-8-11-24-19-13-18-21(28-19)16-10-9-15-20-17(12-14(2)25-20)26-22(15)23(16)27-18/h9-10,12-13,24H,3-8,11H2,1-2H3. The van der Waals surface area contributed by atoms with Gasteiger partial charge in [0.1, 0.15) is 0 Å². The van der Waals surface area contributed by atoms with Crippen LogP contribution in [0.3, 0.4) is 0 Å². The number of benzene rings is 1. The third-order valence-corrected chi connectivity index (χ3v) is 10.3. The average molecular weight is 444 g/mol. The molecule has 0 aliphatic carbocycles. The van der Waals surface area contributed by atoms with E-state index < -0.39 is 0 Å². The Balaban J connectivity index is 1.37. The molecule has 0 aliphatic heterocycles. The van der Waals surface area contributed by atoms with Gasteiger partial charge in [0, 0.05) is 31.6 Å². The maximum absolute atomic E-state index is 3.67. The van der Waals surface area contributed by atoms with Gasteiger partial charge in [-0.2, -0.15) is 0 Å². The minimum atomic E-state index is 1.10. The fourth-order valence-electron chi connectivity index (χ4n) is 3.94. The normalized spacial score (nSPS) is 12.2. The Morgan fingerprint density at radius 1 is 0.714 bits per heavy atom. The maximum Gasteiger partial charge on any atom is 0.0903 e. The first-order chi connectivity index (χ1) is 13.7. The Bertz CT molecular complexity index is 1250. The summed E-state index contributed by atoms with van der Waals surface area (Å²) in [5.74, 6) is 0. The van der Waals surface area contributed by atoms with E-state index in [4.69, 9.17) is 0 Å². The van der Waals surface area contributed by atoms with E-state index in [1.54, 1.807) is 0 Å². The molecule has 0 unspecified atom stereocenters. The molecule has 0 spiro atoms. The van der Waals surface area contributed by atoms with E-state index in [0.29, 0.717) is 0 Å². The molecule has 0 fully saturated rings. The van der Waals surface area contributed by atoms with Gasteiger partial charge in [0.25, 0.3) is 0 Å². The second-order valence-electron chi connectivity index (χ2n) is 7.57. The highest BCUT2D eigenvalue weighted by molar-refractivity contribution is 7.39. The summed E-state index contributed by atoms with van der Waals surface area (Å²) in [5.41, 5.74) is 0. The number of hydrogen-bond donors (Lipinski definition) is 1. The molecule has 4 aromatic heterocycles. The Labute approximate surface area is 182 Å². The Morgan fingerprint density at radius 3 is 2.11 bits per heavy atom. The molecule has 5 aromatic rings. The van der Waals surface area contributed by atoms with Crippen molar-refractivity contribution in [1.82, 2.24) is 0 Å². The van der Waals surface area contributed by atoms with Crippen LogP contribution in [0.5, 0.6) is 0 Å². The third kappa shape index (κ3) is 3.36. The summed E-state index contributed by atoms with van der Waals surface area (Å²) >= 11 is 7.81. The maximum atomic E-state index is 3.67. The van der Waals surface area contributed by atoms with Crippen molar-refractivity contribution in [2.45, 2.75) is 52.4 Å². The minimum absolute atomic E-state index is 1.10. The molecule has 28 heavy (non-hydrogen) atoms. The number of aryl methyl sites for hydroxylation is 1. The van der Waals surface area contributed by atoms with Gasteiger partial charge in [-0.05, 0) is 25.5 Å². The van der Waals surface area contributed by atoms with Crippen LogP contribution in [0, 0.1) is 6.92 Å². The zero-order valence-corrected chi connectivity index (χ0v) is 19.7. The molecule has 0 bridgehead atoms. The molecule has 0 radical (unpaired) electrons. The topological polar surface area (TPSA) is 12.0 Å². The summed E-state index contributed by atoms with van der Waals surface area (Å²) < 4.78 is 8.77. The molecular formula is C23H25NS4. The number of anilines is 1. The summed E-state index contributed by atoms with van der Waals surface area (Å²) in [6.45, 7) is 5.59. The number of nitrogens with one attached hydrogen (secondary N) is 1. The number of thiophene rings is 4. The Hall–Kier alpha value is -1.14. The summed E-state index contributed by atoms with van der Waals surface area (Å²) in [6.07, 6.45) is 8.12. The molecule has 0 saturated carbocycles. The van der Waals surface area contributed by atoms with Crippen LogP contribution in [0.2, 0.25) is 0 Å². The van der Waals surface area contributed by atoms with Crippen LogP contribution >= 0.6 is 45.3 Å². The first-order valence-corrected chi connectivity index (χ1v) is 13.5. The Morgan fingerprint density at radius 2 is 1.36 bits per heavy atom. The molecule has 5 rings (SSSR count). The van der Waals surface area contributed by atoms with Gasteiger partial charge < -0.3 is 5.32 Å². The highest BCUT2D eigenvalue weighted by atomic mass is 32.1. The van der Waals surface area contributed by atoms with E-state index in [-0.39, 0.29) is 0 Å². The van der Waals surface area contributed by atoms with E-state index in [1.165, 1.54) is 87.4 Å². The zero-order valence-electron chi connectivity index (χ0n) is 16.4. The fraction of sp³-hybridized carbons (Fsp3) is 0.391. The lowest BCUT2D eigenvalue weighted by Gasteiger charge is -2.03. The van der Waals surface area contributed by atoms with E-state index in [2.05, 4.69) is 43.4 Å².